The Hall–Kier alpha value is -0.630. The minimum Gasteiger partial charge on any atom is -0.483 e. The Kier molecular flexibility index (Phi) is 8.13. The van der Waals surface area contributed by atoms with Crippen molar-refractivity contribution in [1.29, 1.82) is 0 Å². The number of methoxy groups -OCH3 is 1. The highest BCUT2D eigenvalue weighted by Crippen LogP contribution is 2.28. The monoisotopic (exact) mass is 409 g/mol. The predicted octanol–water partition coefficient (Wildman–Crippen LogP) is 2.06. The summed E-state index contributed by atoms with van der Waals surface area (Å²) in [4.78, 5) is 13.5. The normalized spacial score (nSPS) is 10.4. The van der Waals surface area contributed by atoms with Gasteiger partial charge in [-0.25, -0.2) is 0 Å². The van der Waals surface area contributed by atoms with E-state index >= 15 is 0 Å². The smallest absolute Gasteiger partial charge is 0.260 e. The Morgan fingerprint density at radius 3 is 2.70 bits per heavy atom. The molecule has 0 aromatic heterocycles. The van der Waals surface area contributed by atoms with E-state index in [1.807, 2.05) is 12.1 Å². The van der Waals surface area contributed by atoms with Crippen LogP contribution in [0.1, 0.15) is 0 Å². The van der Waals surface area contributed by atoms with Crippen LogP contribution in [-0.4, -0.2) is 55.9 Å². The van der Waals surface area contributed by atoms with Gasteiger partial charge in [-0.15, -0.1) is 0 Å². The highest BCUT2D eigenvalue weighted by Gasteiger charge is 2.14. The first-order valence-corrected chi connectivity index (χ1v) is 7.62. The molecule has 1 aromatic carbocycles. The maximum atomic E-state index is 12.0. The van der Waals surface area contributed by atoms with E-state index in [1.54, 1.807) is 13.2 Å². The van der Waals surface area contributed by atoms with E-state index in [4.69, 9.17) is 14.6 Å². The fourth-order valence-corrected chi connectivity index (χ4v) is 2.67. The summed E-state index contributed by atoms with van der Waals surface area (Å²) in [5, 5.41) is 8.96. The number of carbonyl (C=O) groups is 1. The van der Waals surface area contributed by atoms with Crippen LogP contribution in [0.25, 0.3) is 0 Å². The average molecular weight is 411 g/mol. The van der Waals surface area contributed by atoms with Crippen LogP contribution < -0.4 is 4.74 Å². The Morgan fingerprint density at radius 2 is 2.10 bits per heavy atom. The zero-order valence-corrected chi connectivity index (χ0v) is 14.3. The highest BCUT2D eigenvalue weighted by atomic mass is 79.9. The largest absolute Gasteiger partial charge is 0.483 e. The quantitative estimate of drug-likeness (QED) is 0.712. The van der Waals surface area contributed by atoms with Crippen molar-refractivity contribution in [3.05, 3.63) is 27.1 Å². The lowest BCUT2D eigenvalue weighted by Crippen LogP contribution is -2.39. The summed E-state index contributed by atoms with van der Waals surface area (Å²) in [5.74, 6) is 0.406. The molecule has 5 nitrogen and oxygen atoms in total. The molecule has 0 bridgehead atoms. The van der Waals surface area contributed by atoms with Gasteiger partial charge in [-0.2, -0.15) is 0 Å². The molecule has 0 unspecified atom stereocenters. The number of aliphatic hydroxyl groups excluding tert-OH is 1. The molecule has 0 aliphatic heterocycles. The number of amides is 1. The molecular formula is C13H17Br2NO4. The van der Waals surface area contributed by atoms with Crippen molar-refractivity contribution in [2.24, 2.45) is 0 Å². The number of nitrogens with zero attached hydrogens (tertiary/aromatic N) is 1. The minimum absolute atomic E-state index is 0.0794. The first-order chi connectivity index (χ1) is 9.58. The molecule has 0 fully saturated rings. The van der Waals surface area contributed by atoms with Gasteiger partial charge < -0.3 is 19.5 Å². The lowest BCUT2D eigenvalue weighted by Gasteiger charge is -2.21. The lowest BCUT2D eigenvalue weighted by molar-refractivity contribution is -0.134. The first kappa shape index (κ1) is 17.4. The van der Waals surface area contributed by atoms with E-state index < -0.39 is 0 Å². The van der Waals surface area contributed by atoms with Crippen LogP contribution in [0.5, 0.6) is 5.75 Å². The third kappa shape index (κ3) is 5.78. The summed E-state index contributed by atoms with van der Waals surface area (Å²) in [6.45, 7) is 0.961. The topological polar surface area (TPSA) is 59.0 Å². The van der Waals surface area contributed by atoms with Crippen LogP contribution in [-0.2, 0) is 9.53 Å². The van der Waals surface area contributed by atoms with Crippen LogP contribution in [0.2, 0.25) is 0 Å². The van der Waals surface area contributed by atoms with Gasteiger partial charge in [-0.1, -0.05) is 15.9 Å². The van der Waals surface area contributed by atoms with E-state index in [0.717, 1.165) is 8.95 Å². The maximum Gasteiger partial charge on any atom is 0.260 e. The SMILES string of the molecule is COCCN(CCO)C(=O)COc1ccc(Br)cc1Br. The van der Waals surface area contributed by atoms with Gasteiger partial charge in [0.15, 0.2) is 6.61 Å². The Morgan fingerprint density at radius 1 is 1.35 bits per heavy atom. The molecule has 1 aromatic rings. The first-order valence-electron chi connectivity index (χ1n) is 6.04. The summed E-state index contributed by atoms with van der Waals surface area (Å²) < 4.78 is 12.1. The van der Waals surface area contributed by atoms with Gasteiger partial charge in [0.25, 0.3) is 5.91 Å². The Balaban J connectivity index is 2.55. The van der Waals surface area contributed by atoms with Crippen LogP contribution >= 0.6 is 31.9 Å². The molecule has 0 aliphatic rings. The van der Waals surface area contributed by atoms with Crippen molar-refractivity contribution in [2.45, 2.75) is 0 Å². The Bertz CT molecular complexity index is 442. The average Bonchev–Trinajstić information content (AvgIpc) is 2.42. The number of carbonyl (C=O) groups excluding carboxylic acids is 1. The van der Waals surface area contributed by atoms with E-state index in [9.17, 15) is 4.79 Å². The standard InChI is InChI=1S/C13H17Br2NO4/c1-19-7-5-16(4-6-17)13(18)9-20-12-3-2-10(14)8-11(12)15/h2-3,8,17H,4-7,9H2,1H3. The molecule has 112 valence electrons. The third-order valence-corrected chi connectivity index (χ3v) is 3.65. The minimum atomic E-state index is -0.189. The number of hydrogen-bond acceptors (Lipinski definition) is 4. The molecule has 0 spiro atoms. The van der Waals surface area contributed by atoms with Gasteiger partial charge in [0.2, 0.25) is 0 Å². The van der Waals surface area contributed by atoms with E-state index in [-0.39, 0.29) is 25.7 Å². The van der Waals surface area contributed by atoms with Crippen molar-refractivity contribution in [2.75, 3.05) is 40.0 Å². The molecule has 1 rings (SSSR count). The van der Waals surface area contributed by atoms with E-state index in [0.29, 0.717) is 18.9 Å². The van der Waals surface area contributed by atoms with E-state index in [1.165, 1.54) is 4.90 Å². The van der Waals surface area contributed by atoms with Crippen molar-refractivity contribution >= 4 is 37.8 Å². The molecule has 20 heavy (non-hydrogen) atoms. The highest BCUT2D eigenvalue weighted by molar-refractivity contribution is 9.11. The molecule has 1 N–H and O–H groups in total. The van der Waals surface area contributed by atoms with Crippen LogP contribution in [0, 0.1) is 0 Å². The zero-order valence-electron chi connectivity index (χ0n) is 11.1. The molecule has 0 radical (unpaired) electrons. The summed E-state index contributed by atoms with van der Waals surface area (Å²) in [6.07, 6.45) is 0. The fraction of sp³-hybridized carbons (Fsp3) is 0.462. The fourth-order valence-electron chi connectivity index (χ4n) is 1.51. The zero-order chi connectivity index (χ0) is 15.0. The molecule has 0 saturated heterocycles. The molecular weight excluding hydrogens is 394 g/mol. The summed E-state index contributed by atoms with van der Waals surface area (Å²) in [6, 6.07) is 5.45. The van der Waals surface area contributed by atoms with Crippen molar-refractivity contribution < 1.29 is 19.4 Å². The van der Waals surface area contributed by atoms with Crippen molar-refractivity contribution in [3.8, 4) is 5.75 Å². The number of rotatable bonds is 8. The van der Waals surface area contributed by atoms with Gasteiger partial charge in [0.1, 0.15) is 5.75 Å². The Labute approximate surface area is 135 Å². The van der Waals surface area contributed by atoms with Crippen molar-refractivity contribution in [1.82, 2.24) is 4.90 Å². The van der Waals surface area contributed by atoms with Gasteiger partial charge in [-0.05, 0) is 34.1 Å². The van der Waals surface area contributed by atoms with Crippen LogP contribution in [0.4, 0.5) is 0 Å². The molecule has 0 saturated carbocycles. The molecule has 7 heteroatoms. The lowest BCUT2D eigenvalue weighted by atomic mass is 10.3. The van der Waals surface area contributed by atoms with Crippen LogP contribution in [0.15, 0.2) is 27.1 Å². The number of hydrogen-bond donors (Lipinski definition) is 1. The second-order valence-corrected chi connectivity index (χ2v) is 5.73. The number of ether oxygens (including phenoxy) is 2. The predicted molar refractivity (Wildman–Crippen MR) is 82.9 cm³/mol. The molecule has 1 amide bonds. The second kappa shape index (κ2) is 9.33. The van der Waals surface area contributed by atoms with Gasteiger partial charge in [0, 0.05) is 24.7 Å². The second-order valence-electron chi connectivity index (χ2n) is 3.96. The summed E-state index contributed by atoms with van der Waals surface area (Å²) in [7, 11) is 1.57. The maximum absolute atomic E-state index is 12.0. The van der Waals surface area contributed by atoms with Gasteiger partial charge in [0.05, 0.1) is 17.7 Å². The van der Waals surface area contributed by atoms with Crippen molar-refractivity contribution in [3.63, 3.8) is 0 Å². The molecule has 0 heterocycles. The summed E-state index contributed by atoms with van der Waals surface area (Å²) in [5.41, 5.74) is 0. The van der Waals surface area contributed by atoms with E-state index in [2.05, 4.69) is 31.9 Å². The van der Waals surface area contributed by atoms with Gasteiger partial charge in [-0.3, -0.25) is 4.79 Å². The number of halogens is 2. The number of aliphatic hydroxyl groups is 1. The summed E-state index contributed by atoms with van der Waals surface area (Å²) >= 11 is 6.71. The van der Waals surface area contributed by atoms with Gasteiger partial charge >= 0.3 is 0 Å². The number of benzene rings is 1. The van der Waals surface area contributed by atoms with Crippen LogP contribution in [0.3, 0.4) is 0 Å². The molecule has 0 atom stereocenters. The molecule has 0 aliphatic carbocycles. The third-order valence-electron chi connectivity index (χ3n) is 2.53.